The molecule has 4 nitrogen and oxygen atoms in total. The van der Waals surface area contributed by atoms with Crippen molar-refractivity contribution in [2.75, 3.05) is 0 Å². The lowest BCUT2D eigenvalue weighted by atomic mass is 9.84. The second-order valence-electron chi connectivity index (χ2n) is 6.29. The van der Waals surface area contributed by atoms with Crippen LogP contribution in [0.3, 0.4) is 0 Å². The highest BCUT2D eigenvalue weighted by atomic mass is 17.2. The van der Waals surface area contributed by atoms with Gasteiger partial charge in [-0.05, 0) is 32.1 Å². The second kappa shape index (κ2) is 6.36. The first-order valence-electron chi connectivity index (χ1n) is 6.15. The van der Waals surface area contributed by atoms with Gasteiger partial charge in [0, 0.05) is 0 Å². The monoisotopic (exact) mass is 246 g/mol. The van der Waals surface area contributed by atoms with Gasteiger partial charge in [-0.3, -0.25) is 0 Å². The lowest BCUT2D eigenvalue weighted by molar-refractivity contribution is -0.376. The Kier molecular flexibility index (Phi) is 6.13. The van der Waals surface area contributed by atoms with E-state index in [1.807, 2.05) is 20.8 Å². The molecule has 0 aliphatic carbocycles. The first kappa shape index (κ1) is 16.4. The number of carboxylic acid groups (broad SMARTS) is 1. The lowest BCUT2D eigenvalue weighted by Crippen LogP contribution is -2.34. The average Bonchev–Trinajstić information content (AvgIpc) is 2.07. The van der Waals surface area contributed by atoms with Crippen LogP contribution in [0, 0.1) is 5.41 Å². The van der Waals surface area contributed by atoms with Gasteiger partial charge in [0.1, 0.15) is 0 Å². The molecule has 0 aliphatic rings. The molecule has 0 aromatic rings. The van der Waals surface area contributed by atoms with Gasteiger partial charge in [0.15, 0.2) is 6.10 Å². The molecule has 0 fully saturated rings. The standard InChI is InChI=1S/C13H26O4/c1-7-8-10(11(14)15)16-17-13(5,6)9-12(2,3)4/h10H,7-9H2,1-6H3,(H,14,15). The lowest BCUT2D eigenvalue weighted by Gasteiger charge is -2.31. The van der Waals surface area contributed by atoms with Crippen molar-refractivity contribution in [1.29, 1.82) is 0 Å². The molecule has 0 bridgehead atoms. The van der Waals surface area contributed by atoms with Crippen LogP contribution in [0.2, 0.25) is 0 Å². The average molecular weight is 246 g/mol. The van der Waals surface area contributed by atoms with Gasteiger partial charge in [-0.1, -0.05) is 34.1 Å². The van der Waals surface area contributed by atoms with Crippen molar-refractivity contribution in [3.8, 4) is 0 Å². The molecule has 0 saturated heterocycles. The van der Waals surface area contributed by atoms with E-state index in [4.69, 9.17) is 14.9 Å². The number of carbonyl (C=O) groups is 1. The van der Waals surface area contributed by atoms with E-state index < -0.39 is 17.7 Å². The van der Waals surface area contributed by atoms with Gasteiger partial charge < -0.3 is 5.11 Å². The first-order chi connectivity index (χ1) is 7.57. The van der Waals surface area contributed by atoms with Gasteiger partial charge in [-0.15, -0.1) is 0 Å². The minimum absolute atomic E-state index is 0.107. The molecule has 0 rings (SSSR count). The molecule has 0 amide bonds. The summed E-state index contributed by atoms with van der Waals surface area (Å²) >= 11 is 0. The number of carboxylic acids is 1. The fraction of sp³-hybridized carbons (Fsp3) is 0.923. The van der Waals surface area contributed by atoms with Crippen LogP contribution < -0.4 is 0 Å². The molecule has 0 aliphatic heterocycles. The fourth-order valence-corrected chi connectivity index (χ4v) is 1.97. The van der Waals surface area contributed by atoms with E-state index in [1.54, 1.807) is 0 Å². The van der Waals surface area contributed by atoms with Crippen molar-refractivity contribution in [3.63, 3.8) is 0 Å². The Hall–Kier alpha value is -0.610. The van der Waals surface area contributed by atoms with E-state index in [0.717, 1.165) is 12.8 Å². The molecule has 17 heavy (non-hydrogen) atoms. The van der Waals surface area contributed by atoms with Crippen LogP contribution in [-0.2, 0) is 14.6 Å². The summed E-state index contributed by atoms with van der Waals surface area (Å²) in [5.41, 5.74) is -0.379. The highest BCUT2D eigenvalue weighted by Gasteiger charge is 2.29. The van der Waals surface area contributed by atoms with Crippen LogP contribution in [-0.4, -0.2) is 22.8 Å². The molecule has 0 aromatic carbocycles. The van der Waals surface area contributed by atoms with Crippen molar-refractivity contribution >= 4 is 5.97 Å². The number of rotatable bonds is 7. The molecular formula is C13H26O4. The molecule has 0 saturated carbocycles. The smallest absolute Gasteiger partial charge is 0.336 e. The summed E-state index contributed by atoms with van der Waals surface area (Å²) in [6.07, 6.45) is 1.12. The highest BCUT2D eigenvalue weighted by Crippen LogP contribution is 2.30. The molecule has 1 unspecified atom stereocenters. The van der Waals surface area contributed by atoms with Crippen LogP contribution in [0.1, 0.15) is 60.8 Å². The molecule has 0 heterocycles. The van der Waals surface area contributed by atoms with Crippen molar-refractivity contribution in [2.45, 2.75) is 72.5 Å². The number of hydrogen-bond acceptors (Lipinski definition) is 3. The Morgan fingerprint density at radius 1 is 1.24 bits per heavy atom. The molecule has 4 heteroatoms. The molecule has 0 aromatic heterocycles. The predicted molar refractivity (Wildman–Crippen MR) is 66.7 cm³/mol. The molecule has 0 radical (unpaired) electrons. The zero-order valence-corrected chi connectivity index (χ0v) is 11.9. The number of hydrogen-bond donors (Lipinski definition) is 1. The third kappa shape index (κ3) is 8.16. The summed E-state index contributed by atoms with van der Waals surface area (Å²) in [4.78, 5) is 21.2. The Morgan fingerprint density at radius 2 is 1.76 bits per heavy atom. The van der Waals surface area contributed by atoms with E-state index in [-0.39, 0.29) is 5.41 Å². The summed E-state index contributed by atoms with van der Waals surface area (Å²) in [7, 11) is 0. The Bertz CT molecular complexity index is 240. The van der Waals surface area contributed by atoms with E-state index >= 15 is 0 Å². The predicted octanol–water partition coefficient (Wildman–Crippen LogP) is 3.40. The molecule has 0 spiro atoms. The van der Waals surface area contributed by atoms with Crippen LogP contribution in [0.15, 0.2) is 0 Å². The maximum absolute atomic E-state index is 10.9. The van der Waals surface area contributed by atoms with Gasteiger partial charge >= 0.3 is 5.97 Å². The fourth-order valence-electron chi connectivity index (χ4n) is 1.97. The SMILES string of the molecule is CCCC(OOC(C)(C)CC(C)(C)C)C(=O)O. The second-order valence-corrected chi connectivity index (χ2v) is 6.29. The van der Waals surface area contributed by atoms with Gasteiger partial charge in [-0.25, -0.2) is 14.6 Å². The molecule has 102 valence electrons. The molecule has 1 N–H and O–H groups in total. The minimum atomic E-state index is -0.974. The Labute approximate surface area is 104 Å². The topological polar surface area (TPSA) is 55.8 Å². The van der Waals surface area contributed by atoms with Gasteiger partial charge in [-0.2, -0.15) is 0 Å². The van der Waals surface area contributed by atoms with Crippen molar-refractivity contribution in [1.82, 2.24) is 0 Å². The van der Waals surface area contributed by atoms with Crippen molar-refractivity contribution in [2.24, 2.45) is 5.41 Å². The summed E-state index contributed by atoms with van der Waals surface area (Å²) in [5.74, 6) is -0.974. The Balaban J connectivity index is 4.27. The third-order valence-electron chi connectivity index (χ3n) is 2.17. The van der Waals surface area contributed by atoms with Gasteiger partial charge in [0.05, 0.1) is 5.60 Å². The van der Waals surface area contributed by atoms with Gasteiger partial charge in [0.25, 0.3) is 0 Å². The highest BCUT2D eigenvalue weighted by molar-refractivity contribution is 5.72. The van der Waals surface area contributed by atoms with Crippen molar-refractivity contribution in [3.05, 3.63) is 0 Å². The summed E-state index contributed by atoms with van der Waals surface area (Å²) in [6, 6.07) is 0. The summed E-state index contributed by atoms with van der Waals surface area (Å²) in [5, 5.41) is 8.93. The third-order valence-corrected chi connectivity index (χ3v) is 2.17. The zero-order chi connectivity index (χ0) is 13.7. The van der Waals surface area contributed by atoms with E-state index in [0.29, 0.717) is 6.42 Å². The normalized spacial score (nSPS) is 14.7. The van der Waals surface area contributed by atoms with Crippen LogP contribution >= 0.6 is 0 Å². The van der Waals surface area contributed by atoms with E-state index in [1.165, 1.54) is 0 Å². The van der Waals surface area contributed by atoms with Crippen LogP contribution in [0.5, 0.6) is 0 Å². The Morgan fingerprint density at radius 3 is 2.12 bits per heavy atom. The van der Waals surface area contributed by atoms with E-state index in [9.17, 15) is 4.79 Å². The van der Waals surface area contributed by atoms with Crippen molar-refractivity contribution < 1.29 is 19.7 Å². The first-order valence-corrected chi connectivity index (χ1v) is 6.15. The largest absolute Gasteiger partial charge is 0.479 e. The van der Waals surface area contributed by atoms with Gasteiger partial charge in [0.2, 0.25) is 0 Å². The van der Waals surface area contributed by atoms with E-state index in [2.05, 4.69) is 20.8 Å². The maximum Gasteiger partial charge on any atom is 0.336 e. The minimum Gasteiger partial charge on any atom is -0.479 e. The molecule has 1 atom stereocenters. The van der Waals surface area contributed by atoms with Crippen LogP contribution in [0.4, 0.5) is 0 Å². The number of aliphatic carboxylic acids is 1. The summed E-state index contributed by atoms with van der Waals surface area (Å²) < 4.78 is 0. The molecular weight excluding hydrogens is 220 g/mol. The quantitative estimate of drug-likeness (QED) is 0.552. The maximum atomic E-state index is 10.9. The zero-order valence-electron chi connectivity index (χ0n) is 11.9. The van der Waals surface area contributed by atoms with Crippen LogP contribution in [0.25, 0.3) is 0 Å². The summed E-state index contributed by atoms with van der Waals surface area (Å²) in [6.45, 7) is 12.1.